The summed E-state index contributed by atoms with van der Waals surface area (Å²) in [5, 5.41) is 10.2. The van der Waals surface area contributed by atoms with Crippen molar-refractivity contribution in [2.45, 2.75) is 39.0 Å². The third-order valence-corrected chi connectivity index (χ3v) is 4.43. The molecule has 2 N–H and O–H groups in total. The number of para-hydroxylation sites is 1. The molecule has 0 unspecified atom stereocenters. The molecule has 6 heteroatoms. The van der Waals surface area contributed by atoms with Crippen molar-refractivity contribution in [3.8, 4) is 5.69 Å². The van der Waals surface area contributed by atoms with E-state index in [0.29, 0.717) is 18.8 Å². The van der Waals surface area contributed by atoms with E-state index in [1.165, 1.54) is 13.3 Å². The molecule has 2 aromatic rings. The van der Waals surface area contributed by atoms with E-state index < -0.39 is 0 Å². The highest BCUT2D eigenvalue weighted by atomic mass is 16.2. The van der Waals surface area contributed by atoms with Crippen molar-refractivity contribution in [3.63, 3.8) is 0 Å². The van der Waals surface area contributed by atoms with E-state index in [-0.39, 0.29) is 11.8 Å². The quantitative estimate of drug-likeness (QED) is 0.646. The number of carbonyl (C=O) groups is 2. The van der Waals surface area contributed by atoms with Crippen LogP contribution in [0.25, 0.3) is 5.69 Å². The van der Waals surface area contributed by atoms with Crippen LogP contribution >= 0.6 is 0 Å². The molecule has 0 radical (unpaired) electrons. The van der Waals surface area contributed by atoms with Gasteiger partial charge in [-0.05, 0) is 37.8 Å². The molecule has 25 heavy (non-hydrogen) atoms. The average Bonchev–Trinajstić information content (AvgIpc) is 2.81. The van der Waals surface area contributed by atoms with E-state index in [2.05, 4.69) is 15.7 Å². The Bertz CT molecular complexity index is 752. The molecule has 6 nitrogen and oxygen atoms in total. The Hall–Kier alpha value is -2.63. The molecule has 0 aliphatic heterocycles. The van der Waals surface area contributed by atoms with Crippen molar-refractivity contribution in [2.75, 3.05) is 13.1 Å². The number of hydrogen-bond acceptors (Lipinski definition) is 3. The molecule has 132 valence electrons. The molecule has 1 aromatic heterocycles. The zero-order valence-corrected chi connectivity index (χ0v) is 14.5. The number of fused-ring (bicyclic) bond motifs is 1. The maximum Gasteiger partial charge on any atom is 0.272 e. The standard InChI is InChI=1S/C19H24N4O2/c1-14(24)20-12-13-21-19(25)18-16-10-6-3-7-11-17(16)23(22-18)15-8-4-2-5-9-15/h2,4-5,8-9H,3,6-7,10-13H2,1H3,(H,20,24)(H,21,25). The van der Waals surface area contributed by atoms with E-state index in [0.717, 1.165) is 42.6 Å². The highest BCUT2D eigenvalue weighted by molar-refractivity contribution is 5.94. The Morgan fingerprint density at radius 3 is 2.52 bits per heavy atom. The third-order valence-electron chi connectivity index (χ3n) is 4.43. The van der Waals surface area contributed by atoms with Crippen molar-refractivity contribution in [2.24, 2.45) is 0 Å². The number of hydrogen-bond donors (Lipinski definition) is 2. The van der Waals surface area contributed by atoms with E-state index in [1.54, 1.807) is 0 Å². The lowest BCUT2D eigenvalue weighted by molar-refractivity contribution is -0.118. The largest absolute Gasteiger partial charge is 0.355 e. The van der Waals surface area contributed by atoms with Crippen molar-refractivity contribution in [1.29, 1.82) is 0 Å². The summed E-state index contributed by atoms with van der Waals surface area (Å²) >= 11 is 0. The van der Waals surface area contributed by atoms with Gasteiger partial charge < -0.3 is 10.6 Å². The van der Waals surface area contributed by atoms with Crippen LogP contribution in [0.5, 0.6) is 0 Å². The van der Waals surface area contributed by atoms with Gasteiger partial charge in [0.2, 0.25) is 5.91 Å². The van der Waals surface area contributed by atoms with Gasteiger partial charge in [-0.1, -0.05) is 24.6 Å². The van der Waals surface area contributed by atoms with Gasteiger partial charge in [-0.2, -0.15) is 5.10 Å². The number of rotatable bonds is 5. The normalized spacial score (nSPS) is 13.6. The molecule has 0 spiro atoms. The highest BCUT2D eigenvalue weighted by Crippen LogP contribution is 2.26. The molecule has 0 fully saturated rings. The van der Waals surface area contributed by atoms with Crippen LogP contribution in [0.1, 0.15) is 47.9 Å². The summed E-state index contributed by atoms with van der Waals surface area (Å²) < 4.78 is 1.92. The molecule has 1 aromatic carbocycles. The minimum absolute atomic E-state index is 0.100. The number of amides is 2. The Morgan fingerprint density at radius 2 is 1.76 bits per heavy atom. The Labute approximate surface area is 147 Å². The number of nitrogens with one attached hydrogen (secondary N) is 2. The second-order valence-electron chi connectivity index (χ2n) is 6.32. The number of aromatic nitrogens is 2. The van der Waals surface area contributed by atoms with E-state index in [1.807, 2.05) is 35.0 Å². The number of benzene rings is 1. The molecule has 0 saturated carbocycles. The Kier molecular flexibility index (Phi) is 5.48. The van der Waals surface area contributed by atoms with E-state index in [4.69, 9.17) is 0 Å². The maximum absolute atomic E-state index is 12.6. The first-order valence-electron chi connectivity index (χ1n) is 8.85. The average molecular weight is 340 g/mol. The van der Waals surface area contributed by atoms with Crippen LogP contribution in [0.3, 0.4) is 0 Å². The van der Waals surface area contributed by atoms with Gasteiger partial charge in [0.1, 0.15) is 0 Å². The molecule has 1 aliphatic carbocycles. The monoisotopic (exact) mass is 340 g/mol. The van der Waals surface area contributed by atoms with Gasteiger partial charge in [0.15, 0.2) is 5.69 Å². The van der Waals surface area contributed by atoms with Gasteiger partial charge in [0.25, 0.3) is 5.91 Å². The van der Waals surface area contributed by atoms with Crippen LogP contribution in [0.2, 0.25) is 0 Å². The SMILES string of the molecule is CC(=O)NCCNC(=O)c1nn(-c2ccccc2)c2c1CCCCC2. The van der Waals surface area contributed by atoms with Crippen molar-refractivity contribution >= 4 is 11.8 Å². The molecular formula is C19H24N4O2. The van der Waals surface area contributed by atoms with Gasteiger partial charge in [-0.3, -0.25) is 9.59 Å². The van der Waals surface area contributed by atoms with Crippen LogP contribution in [0, 0.1) is 0 Å². The maximum atomic E-state index is 12.6. The van der Waals surface area contributed by atoms with Crippen molar-refractivity contribution in [1.82, 2.24) is 20.4 Å². The summed E-state index contributed by atoms with van der Waals surface area (Å²) in [5.74, 6) is -0.269. The molecule has 1 aliphatic rings. The molecule has 3 rings (SSSR count). The van der Waals surface area contributed by atoms with Gasteiger partial charge in [-0.15, -0.1) is 0 Å². The minimum atomic E-state index is -0.168. The Morgan fingerprint density at radius 1 is 1.04 bits per heavy atom. The zero-order chi connectivity index (χ0) is 17.6. The van der Waals surface area contributed by atoms with Crippen molar-refractivity contribution in [3.05, 3.63) is 47.3 Å². The predicted molar refractivity (Wildman–Crippen MR) is 95.8 cm³/mol. The summed E-state index contributed by atoms with van der Waals surface area (Å²) in [6.45, 7) is 2.28. The fourth-order valence-electron chi connectivity index (χ4n) is 3.24. The predicted octanol–water partition coefficient (Wildman–Crippen LogP) is 2.01. The second kappa shape index (κ2) is 7.96. The number of carbonyl (C=O) groups excluding carboxylic acids is 2. The van der Waals surface area contributed by atoms with Crippen LogP contribution < -0.4 is 10.6 Å². The molecule has 2 amide bonds. The summed E-state index contributed by atoms with van der Waals surface area (Å²) in [6, 6.07) is 9.95. The first kappa shape index (κ1) is 17.2. The van der Waals surface area contributed by atoms with Gasteiger partial charge in [-0.25, -0.2) is 4.68 Å². The first-order chi connectivity index (χ1) is 12.2. The third kappa shape index (κ3) is 4.07. The summed E-state index contributed by atoms with van der Waals surface area (Å²) in [7, 11) is 0. The van der Waals surface area contributed by atoms with Gasteiger partial charge in [0.05, 0.1) is 5.69 Å². The smallest absolute Gasteiger partial charge is 0.272 e. The molecular weight excluding hydrogens is 316 g/mol. The lowest BCUT2D eigenvalue weighted by Gasteiger charge is -2.06. The summed E-state index contributed by atoms with van der Waals surface area (Å²) in [4.78, 5) is 23.5. The Balaban J connectivity index is 1.85. The van der Waals surface area contributed by atoms with Crippen LogP contribution in [0.4, 0.5) is 0 Å². The molecule has 1 heterocycles. The first-order valence-corrected chi connectivity index (χ1v) is 8.85. The van der Waals surface area contributed by atoms with Gasteiger partial charge >= 0.3 is 0 Å². The fraction of sp³-hybridized carbons (Fsp3) is 0.421. The van der Waals surface area contributed by atoms with Crippen molar-refractivity contribution < 1.29 is 9.59 Å². The van der Waals surface area contributed by atoms with E-state index in [9.17, 15) is 9.59 Å². The van der Waals surface area contributed by atoms with Crippen LogP contribution in [0.15, 0.2) is 30.3 Å². The summed E-state index contributed by atoms with van der Waals surface area (Å²) in [5.41, 5.74) is 3.72. The lowest BCUT2D eigenvalue weighted by atomic mass is 10.1. The second-order valence-corrected chi connectivity index (χ2v) is 6.32. The zero-order valence-electron chi connectivity index (χ0n) is 14.5. The van der Waals surface area contributed by atoms with E-state index >= 15 is 0 Å². The molecule has 0 bridgehead atoms. The highest BCUT2D eigenvalue weighted by Gasteiger charge is 2.24. The van der Waals surface area contributed by atoms with Crippen LogP contribution in [-0.4, -0.2) is 34.7 Å². The minimum Gasteiger partial charge on any atom is -0.355 e. The fourth-order valence-corrected chi connectivity index (χ4v) is 3.24. The lowest BCUT2D eigenvalue weighted by Crippen LogP contribution is -2.34. The topological polar surface area (TPSA) is 76.0 Å². The van der Waals surface area contributed by atoms with Crippen LogP contribution in [-0.2, 0) is 17.6 Å². The number of nitrogens with zero attached hydrogens (tertiary/aromatic N) is 2. The summed E-state index contributed by atoms with van der Waals surface area (Å²) in [6.07, 6.45) is 5.20. The van der Waals surface area contributed by atoms with Gasteiger partial charge in [0, 0.05) is 31.3 Å². The molecule has 0 saturated heterocycles. The molecule has 0 atom stereocenters.